The molecule has 1 N–H and O–H groups in total. The monoisotopic (exact) mass is 337 g/mol. The van der Waals surface area contributed by atoms with E-state index in [2.05, 4.69) is 57.6 Å². The fraction of sp³-hybridized carbons (Fsp3) is 0.333. The number of fused-ring (bicyclic) bond motifs is 1. The normalized spacial score (nSPS) is 18.3. The van der Waals surface area contributed by atoms with Crippen LogP contribution in [0.5, 0.6) is 0 Å². The zero-order valence-electron chi connectivity index (χ0n) is 10.6. The van der Waals surface area contributed by atoms with Crippen LogP contribution in [-0.2, 0) is 17.8 Å². The van der Waals surface area contributed by atoms with Gasteiger partial charge in [-0.25, -0.2) is 0 Å². The van der Waals surface area contributed by atoms with E-state index >= 15 is 0 Å². The molecular formula is C15H16BrNOS. The van der Waals surface area contributed by atoms with E-state index in [1.54, 1.807) is 11.3 Å². The van der Waals surface area contributed by atoms with Crippen LogP contribution in [0.15, 0.2) is 40.2 Å². The van der Waals surface area contributed by atoms with Crippen molar-refractivity contribution in [3.63, 3.8) is 0 Å². The number of ether oxygens (including phenoxy) is 1. The van der Waals surface area contributed by atoms with Crippen LogP contribution in [0.4, 0.5) is 0 Å². The average molecular weight is 338 g/mol. The predicted octanol–water partition coefficient (Wildman–Crippen LogP) is 3.91. The van der Waals surface area contributed by atoms with E-state index < -0.39 is 0 Å². The van der Waals surface area contributed by atoms with Crippen molar-refractivity contribution in [2.24, 2.45) is 0 Å². The molecule has 1 atom stereocenters. The number of halogens is 1. The van der Waals surface area contributed by atoms with E-state index in [1.807, 2.05) is 0 Å². The molecule has 0 aliphatic carbocycles. The summed E-state index contributed by atoms with van der Waals surface area (Å²) < 4.78 is 6.85. The predicted molar refractivity (Wildman–Crippen MR) is 82.6 cm³/mol. The van der Waals surface area contributed by atoms with E-state index in [1.165, 1.54) is 19.8 Å². The molecule has 0 amide bonds. The summed E-state index contributed by atoms with van der Waals surface area (Å²) in [6.07, 6.45) is 1.06. The van der Waals surface area contributed by atoms with Gasteiger partial charge in [-0.1, -0.05) is 24.3 Å². The Labute approximate surface area is 125 Å². The van der Waals surface area contributed by atoms with Crippen molar-refractivity contribution in [1.29, 1.82) is 0 Å². The van der Waals surface area contributed by atoms with Crippen molar-refractivity contribution in [3.8, 4) is 0 Å². The van der Waals surface area contributed by atoms with Crippen LogP contribution >= 0.6 is 27.3 Å². The minimum Gasteiger partial charge on any atom is -0.375 e. The van der Waals surface area contributed by atoms with Gasteiger partial charge in [-0.05, 0) is 45.6 Å². The Balaban J connectivity index is 1.59. The molecule has 1 aliphatic heterocycles. The molecule has 2 aromatic rings. The minimum atomic E-state index is 0.327. The number of rotatable bonds is 4. The summed E-state index contributed by atoms with van der Waals surface area (Å²) in [5.74, 6) is 0. The third-order valence-electron chi connectivity index (χ3n) is 3.36. The Morgan fingerprint density at radius 3 is 3.00 bits per heavy atom. The topological polar surface area (TPSA) is 21.3 Å². The fourth-order valence-corrected chi connectivity index (χ4v) is 3.89. The zero-order valence-corrected chi connectivity index (χ0v) is 13.0. The summed E-state index contributed by atoms with van der Waals surface area (Å²) in [7, 11) is 0. The van der Waals surface area contributed by atoms with Gasteiger partial charge in [-0.15, -0.1) is 11.3 Å². The SMILES string of the molecule is Brc1ccc(CCNC2COCc3ccccc32)s1. The van der Waals surface area contributed by atoms with Crippen LogP contribution in [0, 0.1) is 0 Å². The number of nitrogens with one attached hydrogen (secondary N) is 1. The zero-order chi connectivity index (χ0) is 13.1. The first kappa shape index (κ1) is 13.3. The Morgan fingerprint density at radius 1 is 1.26 bits per heavy atom. The molecule has 3 rings (SSSR count). The summed E-state index contributed by atoms with van der Waals surface area (Å²) in [6.45, 7) is 2.49. The molecule has 2 nitrogen and oxygen atoms in total. The van der Waals surface area contributed by atoms with Gasteiger partial charge in [0.1, 0.15) is 0 Å². The number of hydrogen-bond acceptors (Lipinski definition) is 3. The first-order chi connectivity index (χ1) is 9.33. The smallest absolute Gasteiger partial charge is 0.0721 e. The lowest BCUT2D eigenvalue weighted by Gasteiger charge is -2.26. The largest absolute Gasteiger partial charge is 0.375 e. The second-order valence-electron chi connectivity index (χ2n) is 4.68. The van der Waals surface area contributed by atoms with E-state index in [-0.39, 0.29) is 0 Å². The van der Waals surface area contributed by atoms with E-state index in [9.17, 15) is 0 Å². The van der Waals surface area contributed by atoms with Gasteiger partial charge in [0.15, 0.2) is 0 Å². The Morgan fingerprint density at radius 2 is 2.16 bits per heavy atom. The molecule has 0 radical (unpaired) electrons. The second-order valence-corrected chi connectivity index (χ2v) is 7.22. The van der Waals surface area contributed by atoms with E-state index in [0.29, 0.717) is 6.04 Å². The highest BCUT2D eigenvalue weighted by molar-refractivity contribution is 9.11. The van der Waals surface area contributed by atoms with Crippen molar-refractivity contribution in [1.82, 2.24) is 5.32 Å². The van der Waals surface area contributed by atoms with Gasteiger partial charge in [0, 0.05) is 11.4 Å². The van der Waals surface area contributed by atoms with Crippen LogP contribution in [0.25, 0.3) is 0 Å². The number of thiophene rings is 1. The first-order valence-electron chi connectivity index (χ1n) is 6.46. The molecule has 2 heterocycles. The van der Waals surface area contributed by atoms with Crippen LogP contribution in [0.2, 0.25) is 0 Å². The van der Waals surface area contributed by atoms with Gasteiger partial charge in [0.05, 0.1) is 23.0 Å². The standard InChI is InChI=1S/C15H16BrNOS/c16-15-6-5-12(19-15)7-8-17-14-10-18-9-11-3-1-2-4-13(11)14/h1-6,14,17H,7-10H2. The Kier molecular flexibility index (Phi) is 4.33. The lowest BCUT2D eigenvalue weighted by molar-refractivity contribution is 0.0824. The molecule has 0 saturated carbocycles. The molecular weight excluding hydrogens is 322 g/mol. The van der Waals surface area contributed by atoms with Gasteiger partial charge < -0.3 is 10.1 Å². The van der Waals surface area contributed by atoms with E-state index in [4.69, 9.17) is 4.74 Å². The first-order valence-corrected chi connectivity index (χ1v) is 8.07. The van der Waals surface area contributed by atoms with Crippen LogP contribution in [0.1, 0.15) is 22.0 Å². The number of benzene rings is 1. The Bertz CT molecular complexity index is 555. The molecule has 4 heteroatoms. The van der Waals surface area contributed by atoms with Crippen LogP contribution in [0.3, 0.4) is 0 Å². The highest BCUT2D eigenvalue weighted by atomic mass is 79.9. The summed E-state index contributed by atoms with van der Waals surface area (Å²) in [4.78, 5) is 1.41. The molecule has 19 heavy (non-hydrogen) atoms. The lowest BCUT2D eigenvalue weighted by atomic mass is 9.99. The highest BCUT2D eigenvalue weighted by Gasteiger charge is 2.19. The summed E-state index contributed by atoms with van der Waals surface area (Å²) in [5, 5.41) is 3.60. The van der Waals surface area contributed by atoms with Gasteiger partial charge in [0.25, 0.3) is 0 Å². The molecule has 0 fully saturated rings. The third-order valence-corrected chi connectivity index (χ3v) is 5.05. The van der Waals surface area contributed by atoms with Crippen LogP contribution < -0.4 is 5.32 Å². The maximum atomic E-state index is 5.65. The molecule has 0 saturated heterocycles. The molecule has 1 aliphatic rings. The maximum absolute atomic E-state index is 5.65. The van der Waals surface area contributed by atoms with Gasteiger partial charge in [0.2, 0.25) is 0 Å². The van der Waals surface area contributed by atoms with Gasteiger partial charge >= 0.3 is 0 Å². The minimum absolute atomic E-state index is 0.327. The van der Waals surface area contributed by atoms with Gasteiger partial charge in [-0.2, -0.15) is 0 Å². The summed E-state index contributed by atoms with van der Waals surface area (Å²) in [6, 6.07) is 13.2. The van der Waals surface area contributed by atoms with Crippen molar-refractivity contribution < 1.29 is 4.74 Å². The summed E-state index contributed by atoms with van der Waals surface area (Å²) >= 11 is 5.31. The molecule has 0 spiro atoms. The lowest BCUT2D eigenvalue weighted by Crippen LogP contribution is -2.31. The van der Waals surface area contributed by atoms with Crippen molar-refractivity contribution in [2.45, 2.75) is 19.1 Å². The third kappa shape index (κ3) is 3.26. The molecule has 1 unspecified atom stereocenters. The average Bonchev–Trinajstić information content (AvgIpc) is 2.85. The fourth-order valence-electron chi connectivity index (χ4n) is 2.41. The quantitative estimate of drug-likeness (QED) is 0.913. The van der Waals surface area contributed by atoms with E-state index in [0.717, 1.165) is 26.2 Å². The maximum Gasteiger partial charge on any atom is 0.0721 e. The number of hydrogen-bond donors (Lipinski definition) is 1. The highest BCUT2D eigenvalue weighted by Crippen LogP contribution is 2.25. The van der Waals surface area contributed by atoms with Crippen LogP contribution in [-0.4, -0.2) is 13.2 Å². The Hall–Kier alpha value is -0.680. The molecule has 0 bridgehead atoms. The molecule has 1 aromatic heterocycles. The van der Waals surface area contributed by atoms with Crippen molar-refractivity contribution in [2.75, 3.05) is 13.2 Å². The molecule has 1 aromatic carbocycles. The summed E-state index contributed by atoms with van der Waals surface area (Å²) in [5.41, 5.74) is 2.70. The second kappa shape index (κ2) is 6.18. The van der Waals surface area contributed by atoms with Crippen molar-refractivity contribution in [3.05, 3.63) is 56.2 Å². The van der Waals surface area contributed by atoms with Crippen molar-refractivity contribution >= 4 is 27.3 Å². The molecule has 100 valence electrons. The van der Waals surface area contributed by atoms with Gasteiger partial charge in [-0.3, -0.25) is 0 Å².